The summed E-state index contributed by atoms with van der Waals surface area (Å²) >= 11 is 0. The summed E-state index contributed by atoms with van der Waals surface area (Å²) in [5.74, 6) is 1.08. The zero-order valence-corrected chi connectivity index (χ0v) is 11.9. The second-order valence-electron chi connectivity index (χ2n) is 4.19. The van der Waals surface area contributed by atoms with E-state index >= 15 is 0 Å². The van der Waals surface area contributed by atoms with E-state index in [0.717, 1.165) is 0 Å². The maximum absolute atomic E-state index is 11.2. The Hall–Kier alpha value is -2.90. The maximum Gasteiger partial charge on any atom is 0.332 e. The summed E-state index contributed by atoms with van der Waals surface area (Å²) in [5.41, 5.74) is 0.763. The van der Waals surface area contributed by atoms with Crippen molar-refractivity contribution in [2.24, 2.45) is 0 Å². The van der Waals surface area contributed by atoms with E-state index in [9.17, 15) is 10.1 Å². The van der Waals surface area contributed by atoms with Gasteiger partial charge >= 0.3 is 5.69 Å². The molecular weight excluding hydrogens is 274 g/mol. The van der Waals surface area contributed by atoms with Gasteiger partial charge < -0.3 is 15.4 Å². The van der Waals surface area contributed by atoms with E-state index < -0.39 is 4.92 Å². The van der Waals surface area contributed by atoms with Crippen molar-refractivity contribution in [3.8, 4) is 5.75 Å². The molecule has 0 atom stereocenters. The maximum atomic E-state index is 11.2. The lowest BCUT2D eigenvalue weighted by atomic mass is 10.3. The van der Waals surface area contributed by atoms with Crippen molar-refractivity contribution in [2.45, 2.75) is 6.92 Å². The lowest BCUT2D eigenvalue weighted by Crippen LogP contribution is -2.07. The molecule has 2 N–H and O–H groups in total. The summed E-state index contributed by atoms with van der Waals surface area (Å²) < 4.78 is 5.12. The standard InChI is InChI=1S/C13H15N5O3/c1-8-11(18(19)20)12(17-13(14-2)15-8)16-9-5-4-6-10(7-9)21-3/h4-7H,1-3H3,(H2,14,15,16,17). The Kier molecular flexibility index (Phi) is 4.17. The highest BCUT2D eigenvalue weighted by molar-refractivity contribution is 5.68. The molecule has 8 nitrogen and oxygen atoms in total. The molecule has 0 amide bonds. The molecule has 0 bridgehead atoms. The van der Waals surface area contributed by atoms with Gasteiger partial charge in [0.2, 0.25) is 11.8 Å². The quantitative estimate of drug-likeness (QED) is 0.643. The van der Waals surface area contributed by atoms with Crippen LogP contribution in [0.25, 0.3) is 0 Å². The van der Waals surface area contributed by atoms with Gasteiger partial charge in [0, 0.05) is 18.8 Å². The molecule has 0 aliphatic rings. The zero-order valence-electron chi connectivity index (χ0n) is 11.9. The number of nitrogens with zero attached hydrogens (tertiary/aromatic N) is 3. The zero-order chi connectivity index (χ0) is 15.4. The van der Waals surface area contributed by atoms with Gasteiger partial charge in [0.15, 0.2) is 0 Å². The van der Waals surface area contributed by atoms with Crippen LogP contribution in [0, 0.1) is 17.0 Å². The first-order chi connectivity index (χ1) is 10.0. The molecule has 21 heavy (non-hydrogen) atoms. The average Bonchev–Trinajstić information content (AvgIpc) is 2.46. The van der Waals surface area contributed by atoms with Gasteiger partial charge in [0.25, 0.3) is 0 Å². The number of nitrogens with one attached hydrogen (secondary N) is 2. The lowest BCUT2D eigenvalue weighted by Gasteiger charge is -2.10. The lowest BCUT2D eigenvalue weighted by molar-refractivity contribution is -0.385. The van der Waals surface area contributed by atoms with Crippen molar-refractivity contribution in [1.82, 2.24) is 9.97 Å². The van der Waals surface area contributed by atoms with Crippen LogP contribution in [-0.4, -0.2) is 29.0 Å². The van der Waals surface area contributed by atoms with Crippen LogP contribution >= 0.6 is 0 Å². The van der Waals surface area contributed by atoms with Gasteiger partial charge in [0.05, 0.1) is 12.0 Å². The monoisotopic (exact) mass is 289 g/mol. The van der Waals surface area contributed by atoms with E-state index in [1.165, 1.54) is 0 Å². The molecule has 2 aromatic rings. The SMILES string of the molecule is CNc1nc(C)c([N+](=O)[O-])c(Nc2cccc(OC)c2)n1. The van der Waals surface area contributed by atoms with Gasteiger partial charge in [-0.25, -0.2) is 4.98 Å². The number of nitro groups is 1. The van der Waals surface area contributed by atoms with Gasteiger partial charge in [-0.1, -0.05) is 6.07 Å². The molecule has 2 rings (SSSR count). The minimum absolute atomic E-state index is 0.130. The van der Waals surface area contributed by atoms with Crippen molar-refractivity contribution in [2.75, 3.05) is 24.8 Å². The molecule has 0 fully saturated rings. The largest absolute Gasteiger partial charge is 0.497 e. The smallest absolute Gasteiger partial charge is 0.332 e. The summed E-state index contributed by atoms with van der Waals surface area (Å²) in [7, 11) is 3.20. The molecule has 1 aromatic heterocycles. The topological polar surface area (TPSA) is 102 Å². The molecule has 0 unspecified atom stereocenters. The number of anilines is 3. The molecule has 0 aliphatic heterocycles. The Morgan fingerprint density at radius 1 is 1.33 bits per heavy atom. The second kappa shape index (κ2) is 6.04. The normalized spacial score (nSPS) is 10.0. The summed E-state index contributed by atoms with van der Waals surface area (Å²) in [6.45, 7) is 1.57. The Balaban J connectivity index is 2.46. The number of ether oxygens (including phenoxy) is 1. The van der Waals surface area contributed by atoms with Crippen molar-refractivity contribution >= 4 is 23.1 Å². The van der Waals surface area contributed by atoms with Crippen LogP contribution in [0.5, 0.6) is 5.75 Å². The second-order valence-corrected chi connectivity index (χ2v) is 4.19. The summed E-state index contributed by atoms with van der Waals surface area (Å²) in [4.78, 5) is 18.8. The molecule has 1 heterocycles. The number of rotatable bonds is 5. The number of aromatic nitrogens is 2. The number of hydrogen-bond acceptors (Lipinski definition) is 7. The molecule has 0 aliphatic carbocycles. The van der Waals surface area contributed by atoms with Crippen LogP contribution < -0.4 is 15.4 Å². The highest BCUT2D eigenvalue weighted by Crippen LogP contribution is 2.30. The van der Waals surface area contributed by atoms with Crippen LogP contribution in [-0.2, 0) is 0 Å². The Labute approximate surface area is 121 Å². The third kappa shape index (κ3) is 3.16. The van der Waals surface area contributed by atoms with Gasteiger partial charge in [-0.2, -0.15) is 4.98 Å². The van der Waals surface area contributed by atoms with Crippen LogP contribution in [0.1, 0.15) is 5.69 Å². The first kappa shape index (κ1) is 14.5. The molecule has 0 saturated carbocycles. The summed E-state index contributed by atoms with van der Waals surface area (Å²) in [5, 5.41) is 16.9. The fraction of sp³-hybridized carbons (Fsp3) is 0.231. The van der Waals surface area contributed by atoms with E-state index in [-0.39, 0.29) is 17.2 Å². The number of methoxy groups -OCH3 is 1. The first-order valence-electron chi connectivity index (χ1n) is 6.17. The van der Waals surface area contributed by atoms with E-state index in [1.807, 2.05) is 0 Å². The van der Waals surface area contributed by atoms with E-state index in [4.69, 9.17) is 4.74 Å². The highest BCUT2D eigenvalue weighted by Gasteiger charge is 2.22. The van der Waals surface area contributed by atoms with Crippen molar-refractivity contribution < 1.29 is 9.66 Å². The third-order valence-electron chi connectivity index (χ3n) is 2.80. The summed E-state index contributed by atoms with van der Waals surface area (Å²) in [6, 6.07) is 7.05. The van der Waals surface area contributed by atoms with Gasteiger partial charge in [0.1, 0.15) is 11.4 Å². The number of aryl methyl sites for hydroxylation is 1. The average molecular weight is 289 g/mol. The molecule has 110 valence electrons. The van der Waals surface area contributed by atoms with Crippen molar-refractivity contribution in [3.05, 3.63) is 40.1 Å². The minimum Gasteiger partial charge on any atom is -0.497 e. The first-order valence-corrected chi connectivity index (χ1v) is 6.17. The van der Waals surface area contributed by atoms with Gasteiger partial charge in [-0.15, -0.1) is 0 Å². The molecule has 8 heteroatoms. The molecule has 0 spiro atoms. The van der Waals surface area contributed by atoms with Crippen molar-refractivity contribution in [1.29, 1.82) is 0 Å². The Morgan fingerprint density at radius 3 is 2.71 bits per heavy atom. The molecule has 0 radical (unpaired) electrons. The molecular formula is C13H15N5O3. The van der Waals surface area contributed by atoms with Crippen LogP contribution in [0.4, 0.5) is 23.1 Å². The van der Waals surface area contributed by atoms with E-state index in [2.05, 4.69) is 20.6 Å². The minimum atomic E-state index is -0.503. The van der Waals surface area contributed by atoms with Crippen molar-refractivity contribution in [3.63, 3.8) is 0 Å². The molecule has 1 aromatic carbocycles. The van der Waals surface area contributed by atoms with Gasteiger partial charge in [-0.05, 0) is 19.1 Å². The fourth-order valence-corrected chi connectivity index (χ4v) is 1.82. The van der Waals surface area contributed by atoms with Crippen LogP contribution in [0.2, 0.25) is 0 Å². The number of hydrogen-bond donors (Lipinski definition) is 2. The predicted molar refractivity (Wildman–Crippen MR) is 79.2 cm³/mol. The summed E-state index contributed by atoms with van der Waals surface area (Å²) in [6.07, 6.45) is 0. The predicted octanol–water partition coefficient (Wildman–Crippen LogP) is 2.49. The van der Waals surface area contributed by atoms with Gasteiger partial charge in [-0.3, -0.25) is 10.1 Å². The Bertz CT molecular complexity index is 675. The van der Waals surface area contributed by atoms with E-state index in [0.29, 0.717) is 17.4 Å². The van der Waals surface area contributed by atoms with Crippen LogP contribution in [0.15, 0.2) is 24.3 Å². The number of benzene rings is 1. The third-order valence-corrected chi connectivity index (χ3v) is 2.80. The van der Waals surface area contributed by atoms with E-state index in [1.54, 1.807) is 45.3 Å². The van der Waals surface area contributed by atoms with Crippen LogP contribution in [0.3, 0.4) is 0 Å². The highest BCUT2D eigenvalue weighted by atomic mass is 16.6. The Morgan fingerprint density at radius 2 is 2.10 bits per heavy atom. The fourth-order valence-electron chi connectivity index (χ4n) is 1.82. The molecule has 0 saturated heterocycles.